The van der Waals surface area contributed by atoms with Gasteiger partial charge in [0.15, 0.2) is 18.1 Å². The minimum Gasteiger partial charge on any atom is -0.493 e. The van der Waals surface area contributed by atoms with Crippen LogP contribution in [0.4, 0.5) is 10.5 Å². The Morgan fingerprint density at radius 2 is 1.93 bits per heavy atom. The Kier molecular flexibility index (Phi) is 6.18. The summed E-state index contributed by atoms with van der Waals surface area (Å²) in [6.45, 7) is 1.60. The summed E-state index contributed by atoms with van der Waals surface area (Å²) >= 11 is 3.34. The Balaban J connectivity index is 1.99. The fraction of sp³-hybridized carbons (Fsp3) is 0.143. The average molecular weight is 470 g/mol. The number of nitriles is 1. The molecule has 2 aromatic carbocycles. The van der Waals surface area contributed by atoms with Gasteiger partial charge in [0, 0.05) is 4.47 Å². The number of hydrogen-bond acceptors (Lipinski definition) is 6. The van der Waals surface area contributed by atoms with Gasteiger partial charge in [-0.05, 0) is 54.5 Å². The lowest BCUT2D eigenvalue weighted by atomic mass is 10.1. The lowest BCUT2D eigenvalue weighted by Crippen LogP contribution is -2.54. The van der Waals surface area contributed by atoms with Crippen LogP contribution in [0.25, 0.3) is 6.08 Å². The highest BCUT2D eigenvalue weighted by atomic mass is 79.9. The van der Waals surface area contributed by atoms with E-state index in [0.29, 0.717) is 28.3 Å². The molecular weight excluding hydrogens is 454 g/mol. The van der Waals surface area contributed by atoms with Gasteiger partial charge in [0.1, 0.15) is 11.6 Å². The first-order valence-electron chi connectivity index (χ1n) is 8.71. The summed E-state index contributed by atoms with van der Waals surface area (Å²) in [5, 5.41) is 10.8. The van der Waals surface area contributed by atoms with Gasteiger partial charge in [-0.3, -0.25) is 14.9 Å². The van der Waals surface area contributed by atoms with E-state index in [1.807, 2.05) is 6.07 Å². The highest BCUT2D eigenvalue weighted by Gasteiger charge is 2.37. The fourth-order valence-corrected chi connectivity index (χ4v) is 3.39. The normalized spacial score (nSPS) is 15.1. The van der Waals surface area contributed by atoms with Gasteiger partial charge >= 0.3 is 6.03 Å². The van der Waals surface area contributed by atoms with E-state index in [4.69, 9.17) is 14.7 Å². The summed E-state index contributed by atoms with van der Waals surface area (Å²) in [6, 6.07) is 10.9. The van der Waals surface area contributed by atoms with E-state index in [9.17, 15) is 14.4 Å². The molecule has 0 unspecified atom stereocenters. The second kappa shape index (κ2) is 8.80. The molecule has 0 aliphatic carbocycles. The predicted molar refractivity (Wildman–Crippen MR) is 112 cm³/mol. The Labute approximate surface area is 180 Å². The van der Waals surface area contributed by atoms with E-state index < -0.39 is 17.8 Å². The molecule has 9 heteroatoms. The first-order valence-corrected chi connectivity index (χ1v) is 9.50. The lowest BCUT2D eigenvalue weighted by molar-refractivity contribution is -0.122. The number of nitrogens with one attached hydrogen (secondary N) is 1. The monoisotopic (exact) mass is 469 g/mol. The lowest BCUT2D eigenvalue weighted by Gasteiger charge is -2.27. The largest absolute Gasteiger partial charge is 0.493 e. The first kappa shape index (κ1) is 21.1. The van der Waals surface area contributed by atoms with Gasteiger partial charge in [0.05, 0.1) is 12.8 Å². The van der Waals surface area contributed by atoms with Crippen molar-refractivity contribution in [3.8, 4) is 17.6 Å². The number of ether oxygens (including phenoxy) is 2. The summed E-state index contributed by atoms with van der Waals surface area (Å²) in [4.78, 5) is 38.7. The van der Waals surface area contributed by atoms with Crippen LogP contribution >= 0.6 is 15.9 Å². The third kappa shape index (κ3) is 4.18. The molecule has 152 valence electrons. The second-order valence-corrected chi connectivity index (χ2v) is 7.16. The van der Waals surface area contributed by atoms with Gasteiger partial charge in [-0.2, -0.15) is 5.26 Å². The maximum Gasteiger partial charge on any atom is 0.335 e. The van der Waals surface area contributed by atoms with Crippen molar-refractivity contribution in [2.45, 2.75) is 6.92 Å². The van der Waals surface area contributed by atoms with Crippen LogP contribution in [0.15, 0.2) is 46.4 Å². The van der Waals surface area contributed by atoms with Crippen molar-refractivity contribution in [1.82, 2.24) is 5.32 Å². The van der Waals surface area contributed by atoms with Crippen LogP contribution in [0, 0.1) is 18.3 Å². The number of carbonyl (C=O) groups is 3. The number of barbiturate groups is 1. The first-order chi connectivity index (χ1) is 14.3. The van der Waals surface area contributed by atoms with E-state index >= 15 is 0 Å². The van der Waals surface area contributed by atoms with Crippen LogP contribution in [0.3, 0.4) is 0 Å². The zero-order chi connectivity index (χ0) is 21.8. The van der Waals surface area contributed by atoms with Gasteiger partial charge < -0.3 is 9.47 Å². The number of rotatable bonds is 5. The van der Waals surface area contributed by atoms with Crippen LogP contribution in [-0.2, 0) is 9.59 Å². The van der Waals surface area contributed by atoms with E-state index in [0.717, 1.165) is 9.37 Å². The number of methoxy groups -OCH3 is 1. The molecule has 4 amide bonds. The molecule has 1 heterocycles. The smallest absolute Gasteiger partial charge is 0.335 e. The average Bonchev–Trinajstić information content (AvgIpc) is 2.71. The van der Waals surface area contributed by atoms with E-state index in [1.165, 1.54) is 13.2 Å². The molecular formula is C21H16BrN3O5. The maximum atomic E-state index is 13.0. The molecule has 0 aromatic heterocycles. The molecule has 2 aromatic rings. The Bertz CT molecular complexity index is 1120. The predicted octanol–water partition coefficient (Wildman–Crippen LogP) is 3.33. The van der Waals surface area contributed by atoms with Crippen molar-refractivity contribution in [1.29, 1.82) is 5.26 Å². The van der Waals surface area contributed by atoms with Gasteiger partial charge in [-0.1, -0.05) is 22.0 Å². The molecule has 3 rings (SSSR count). The third-order valence-corrected chi connectivity index (χ3v) is 4.79. The number of hydrogen-bond donors (Lipinski definition) is 1. The molecule has 1 aliphatic heterocycles. The van der Waals surface area contributed by atoms with E-state index in [1.54, 1.807) is 43.3 Å². The topological polar surface area (TPSA) is 109 Å². The fourth-order valence-electron chi connectivity index (χ4n) is 2.92. The van der Waals surface area contributed by atoms with Crippen LogP contribution in [0.1, 0.15) is 11.1 Å². The molecule has 1 N–H and O–H groups in total. The minimum atomic E-state index is -0.814. The number of imide groups is 2. The van der Waals surface area contributed by atoms with Crippen molar-refractivity contribution >= 4 is 45.5 Å². The second-order valence-electron chi connectivity index (χ2n) is 6.25. The van der Waals surface area contributed by atoms with Crippen LogP contribution in [-0.4, -0.2) is 31.6 Å². The van der Waals surface area contributed by atoms with Gasteiger partial charge in [0.2, 0.25) is 0 Å². The number of aryl methyl sites for hydroxylation is 1. The van der Waals surface area contributed by atoms with E-state index in [2.05, 4.69) is 21.2 Å². The maximum absolute atomic E-state index is 13.0. The highest BCUT2D eigenvalue weighted by Crippen LogP contribution is 2.31. The summed E-state index contributed by atoms with van der Waals surface area (Å²) in [7, 11) is 1.43. The van der Waals surface area contributed by atoms with Crippen molar-refractivity contribution in [3.63, 3.8) is 0 Å². The summed E-state index contributed by atoms with van der Waals surface area (Å²) in [5.41, 5.74) is 1.33. The van der Waals surface area contributed by atoms with E-state index in [-0.39, 0.29) is 12.2 Å². The zero-order valence-corrected chi connectivity index (χ0v) is 17.6. The Hall–Kier alpha value is -3.64. The molecule has 1 saturated heterocycles. The number of benzene rings is 2. The molecule has 30 heavy (non-hydrogen) atoms. The quantitative estimate of drug-likeness (QED) is 0.531. The third-order valence-electron chi connectivity index (χ3n) is 4.29. The summed E-state index contributed by atoms with van der Waals surface area (Å²) in [5.74, 6) is -0.847. The number of urea groups is 1. The number of halogens is 1. The number of amides is 4. The molecule has 1 fully saturated rings. The highest BCUT2D eigenvalue weighted by molar-refractivity contribution is 9.10. The molecule has 0 bridgehead atoms. The van der Waals surface area contributed by atoms with Gasteiger partial charge in [-0.15, -0.1) is 0 Å². The summed E-state index contributed by atoms with van der Waals surface area (Å²) in [6.07, 6.45) is 1.36. The molecule has 0 saturated carbocycles. The molecule has 0 spiro atoms. The Morgan fingerprint density at radius 3 is 2.60 bits per heavy atom. The number of anilines is 1. The van der Waals surface area contributed by atoms with Crippen molar-refractivity contribution in [2.24, 2.45) is 0 Å². The van der Waals surface area contributed by atoms with Gasteiger partial charge in [0.25, 0.3) is 11.8 Å². The van der Waals surface area contributed by atoms with Crippen LogP contribution in [0.5, 0.6) is 11.5 Å². The molecule has 8 nitrogen and oxygen atoms in total. The van der Waals surface area contributed by atoms with Gasteiger partial charge in [-0.25, -0.2) is 9.69 Å². The Morgan fingerprint density at radius 1 is 1.17 bits per heavy atom. The minimum absolute atomic E-state index is 0.151. The summed E-state index contributed by atoms with van der Waals surface area (Å²) < 4.78 is 11.3. The van der Waals surface area contributed by atoms with Crippen LogP contribution in [0.2, 0.25) is 0 Å². The van der Waals surface area contributed by atoms with Crippen molar-refractivity contribution in [3.05, 3.63) is 57.6 Å². The standard InChI is InChI=1S/C21H16BrN3O5/c1-12-9-14(22)4-5-16(12)25-20(27)15(19(26)24-21(25)28)10-13-3-6-17(30-8-7-23)18(11-13)29-2/h3-6,9-11H,8H2,1-2H3,(H,24,26,28)/b15-10+. The number of nitrogens with zero attached hydrogens (tertiary/aromatic N) is 2. The number of carbonyl (C=O) groups excluding carboxylic acids is 3. The molecule has 1 aliphatic rings. The molecule has 0 atom stereocenters. The molecule has 0 radical (unpaired) electrons. The zero-order valence-electron chi connectivity index (χ0n) is 16.1. The SMILES string of the molecule is COc1cc(/C=C2\C(=O)NC(=O)N(c3ccc(Br)cc3C)C2=O)ccc1OCC#N. The van der Waals surface area contributed by atoms with Crippen molar-refractivity contribution in [2.75, 3.05) is 18.6 Å². The van der Waals surface area contributed by atoms with Crippen LogP contribution < -0.4 is 19.7 Å². The van der Waals surface area contributed by atoms with Crippen molar-refractivity contribution < 1.29 is 23.9 Å².